The Kier molecular flexibility index (Phi) is 10.5. The largest absolute Gasteiger partial charge is 0.490 e. The lowest BCUT2D eigenvalue weighted by atomic mass is 10.2. The van der Waals surface area contributed by atoms with E-state index in [1.807, 2.05) is 6.92 Å². The number of aryl methyl sites for hydroxylation is 1. The van der Waals surface area contributed by atoms with Crippen molar-refractivity contribution in [3.05, 3.63) is 35.5 Å². The van der Waals surface area contributed by atoms with Gasteiger partial charge in [-0.1, -0.05) is 17.3 Å². The third kappa shape index (κ3) is 7.44. The number of nitrogens with zero attached hydrogens (tertiary/aromatic N) is 3. The van der Waals surface area contributed by atoms with E-state index < -0.39 is 6.61 Å². The smallest absolute Gasteiger partial charge is 0.387 e. The maximum atomic E-state index is 12.8. The summed E-state index contributed by atoms with van der Waals surface area (Å²) in [5, 5.41) is 9.91. The Morgan fingerprint density at radius 1 is 1.29 bits per heavy atom. The number of guanidine groups is 1. The summed E-state index contributed by atoms with van der Waals surface area (Å²) in [5.41, 5.74) is 0.480. The number of para-hydroxylation sites is 1. The molecule has 0 spiro atoms. The summed E-state index contributed by atoms with van der Waals surface area (Å²) >= 11 is 0. The van der Waals surface area contributed by atoms with E-state index in [0.717, 1.165) is 0 Å². The van der Waals surface area contributed by atoms with Crippen LogP contribution in [0, 0.1) is 6.92 Å². The van der Waals surface area contributed by atoms with Gasteiger partial charge in [-0.05, 0) is 19.9 Å². The number of alkyl halides is 2. The van der Waals surface area contributed by atoms with Gasteiger partial charge in [0.1, 0.15) is 0 Å². The highest BCUT2D eigenvalue weighted by Gasteiger charge is 2.15. The molecule has 8 nitrogen and oxygen atoms in total. The van der Waals surface area contributed by atoms with Crippen LogP contribution in [-0.4, -0.2) is 35.9 Å². The quantitative estimate of drug-likeness (QED) is 0.303. The monoisotopic (exact) mass is 511 g/mol. The van der Waals surface area contributed by atoms with Crippen LogP contribution in [-0.2, 0) is 13.1 Å². The molecule has 1 aromatic heterocycles. The number of nitrogens with one attached hydrogen (secondary N) is 2. The third-order valence-electron chi connectivity index (χ3n) is 3.30. The molecule has 28 heavy (non-hydrogen) atoms. The van der Waals surface area contributed by atoms with Crippen LogP contribution in [0.4, 0.5) is 8.78 Å². The zero-order valence-corrected chi connectivity index (χ0v) is 18.2. The summed E-state index contributed by atoms with van der Waals surface area (Å²) in [4.78, 5) is 8.50. The average Bonchev–Trinajstić information content (AvgIpc) is 3.04. The molecular weight excluding hydrogens is 487 g/mol. The Morgan fingerprint density at radius 2 is 2.07 bits per heavy atom. The average molecular weight is 511 g/mol. The van der Waals surface area contributed by atoms with Crippen molar-refractivity contribution < 1.29 is 22.8 Å². The van der Waals surface area contributed by atoms with Gasteiger partial charge in [0.25, 0.3) is 0 Å². The normalized spacial score (nSPS) is 11.1. The highest BCUT2D eigenvalue weighted by Crippen LogP contribution is 2.33. The second-order valence-electron chi connectivity index (χ2n) is 5.33. The molecular formula is C17H24F2IN5O3. The Bertz CT molecular complexity index is 758. The molecule has 1 heterocycles. The van der Waals surface area contributed by atoms with Crippen LogP contribution in [0.15, 0.2) is 27.7 Å². The molecule has 0 aliphatic carbocycles. The molecule has 2 rings (SSSR count). The number of hydrogen-bond donors (Lipinski definition) is 2. The minimum atomic E-state index is -2.96. The molecule has 0 atom stereocenters. The van der Waals surface area contributed by atoms with Crippen LogP contribution in [0.25, 0.3) is 0 Å². The van der Waals surface area contributed by atoms with Crippen LogP contribution in [0.5, 0.6) is 11.5 Å². The van der Waals surface area contributed by atoms with E-state index >= 15 is 0 Å². The van der Waals surface area contributed by atoms with Gasteiger partial charge in [0.2, 0.25) is 5.89 Å². The molecule has 0 aliphatic heterocycles. The summed E-state index contributed by atoms with van der Waals surface area (Å²) in [5.74, 6) is 1.67. The van der Waals surface area contributed by atoms with E-state index in [2.05, 4.69) is 30.5 Å². The molecule has 0 aliphatic rings. The Morgan fingerprint density at radius 3 is 2.68 bits per heavy atom. The standard InChI is InChI=1S/C17H23F2N5O3.HI/c1-4-20-17(22-10-14-23-11(3)27-24-14)21-9-12-7-6-8-13(25-5-2)15(12)26-16(18)19;/h6-8,16H,4-5,9-10H2,1-3H3,(H2,20,21,22);1H. The van der Waals surface area contributed by atoms with Crippen LogP contribution in [0.1, 0.15) is 31.1 Å². The lowest BCUT2D eigenvalue weighted by molar-refractivity contribution is -0.0520. The van der Waals surface area contributed by atoms with Crippen molar-refractivity contribution in [2.45, 2.75) is 40.5 Å². The van der Waals surface area contributed by atoms with Crippen molar-refractivity contribution in [3.8, 4) is 11.5 Å². The van der Waals surface area contributed by atoms with Gasteiger partial charge in [0.05, 0.1) is 19.7 Å². The first-order chi connectivity index (χ1) is 13.0. The van der Waals surface area contributed by atoms with E-state index in [0.29, 0.717) is 42.9 Å². The van der Waals surface area contributed by atoms with E-state index in [1.54, 1.807) is 32.0 Å². The Balaban J connectivity index is 0.00000392. The van der Waals surface area contributed by atoms with Crippen LogP contribution in [0.3, 0.4) is 0 Å². The molecule has 11 heteroatoms. The number of hydrogen-bond acceptors (Lipinski definition) is 6. The van der Waals surface area contributed by atoms with Crippen molar-refractivity contribution in [1.82, 2.24) is 20.8 Å². The van der Waals surface area contributed by atoms with Gasteiger partial charge in [-0.2, -0.15) is 13.8 Å². The summed E-state index contributed by atoms with van der Waals surface area (Å²) in [7, 11) is 0. The number of rotatable bonds is 9. The van der Waals surface area contributed by atoms with E-state index in [9.17, 15) is 8.78 Å². The molecule has 0 unspecified atom stereocenters. The van der Waals surface area contributed by atoms with Crippen molar-refractivity contribution in [3.63, 3.8) is 0 Å². The fraction of sp³-hybridized carbons (Fsp3) is 0.471. The van der Waals surface area contributed by atoms with Gasteiger partial charge in [0.15, 0.2) is 23.3 Å². The highest BCUT2D eigenvalue weighted by molar-refractivity contribution is 14.0. The second kappa shape index (κ2) is 12.3. The highest BCUT2D eigenvalue weighted by atomic mass is 127. The molecule has 0 bridgehead atoms. The predicted molar refractivity (Wildman–Crippen MR) is 110 cm³/mol. The predicted octanol–water partition coefficient (Wildman–Crippen LogP) is 3.25. The fourth-order valence-corrected chi connectivity index (χ4v) is 2.26. The van der Waals surface area contributed by atoms with Crippen molar-refractivity contribution in [2.75, 3.05) is 13.2 Å². The molecule has 0 saturated heterocycles. The van der Waals surface area contributed by atoms with Crippen molar-refractivity contribution in [2.24, 2.45) is 4.99 Å². The van der Waals surface area contributed by atoms with Crippen molar-refractivity contribution in [1.29, 1.82) is 0 Å². The van der Waals surface area contributed by atoms with Gasteiger partial charge in [-0.25, -0.2) is 4.99 Å². The molecule has 1 aromatic carbocycles. The van der Waals surface area contributed by atoms with Gasteiger partial charge in [-0.15, -0.1) is 24.0 Å². The molecule has 0 saturated carbocycles. The molecule has 0 amide bonds. The van der Waals surface area contributed by atoms with E-state index in [4.69, 9.17) is 9.26 Å². The number of ether oxygens (including phenoxy) is 2. The van der Waals surface area contributed by atoms with Gasteiger partial charge < -0.3 is 24.6 Å². The Hall–Kier alpha value is -2.18. The molecule has 156 valence electrons. The maximum Gasteiger partial charge on any atom is 0.387 e. The zero-order valence-electron chi connectivity index (χ0n) is 15.9. The number of benzene rings is 1. The lowest BCUT2D eigenvalue weighted by Gasteiger charge is -2.15. The third-order valence-corrected chi connectivity index (χ3v) is 3.30. The number of halogens is 3. The topological polar surface area (TPSA) is 93.8 Å². The SMILES string of the molecule is CCNC(=NCc1cccc(OCC)c1OC(F)F)NCc1noc(C)n1.I. The summed E-state index contributed by atoms with van der Waals surface area (Å²) in [6, 6.07) is 4.95. The van der Waals surface area contributed by atoms with Crippen molar-refractivity contribution >= 4 is 29.9 Å². The van der Waals surface area contributed by atoms with E-state index in [-0.39, 0.29) is 42.0 Å². The van der Waals surface area contributed by atoms with E-state index in [1.165, 1.54) is 0 Å². The molecule has 2 aromatic rings. The molecule has 0 fully saturated rings. The number of aliphatic imine (C=N–C) groups is 1. The number of aromatic nitrogens is 2. The minimum Gasteiger partial charge on any atom is -0.490 e. The van der Waals surface area contributed by atoms with Gasteiger partial charge >= 0.3 is 6.61 Å². The molecule has 2 N–H and O–H groups in total. The summed E-state index contributed by atoms with van der Waals surface area (Å²) < 4.78 is 40.5. The van der Waals surface area contributed by atoms with Gasteiger partial charge in [-0.3, -0.25) is 0 Å². The van der Waals surface area contributed by atoms with Crippen LogP contribution >= 0.6 is 24.0 Å². The first-order valence-electron chi connectivity index (χ1n) is 8.54. The van der Waals surface area contributed by atoms with Gasteiger partial charge in [0, 0.05) is 19.0 Å². The molecule has 0 radical (unpaired) electrons. The Labute approximate surface area is 179 Å². The zero-order chi connectivity index (χ0) is 19.6. The lowest BCUT2D eigenvalue weighted by Crippen LogP contribution is -2.37. The minimum absolute atomic E-state index is 0. The second-order valence-corrected chi connectivity index (χ2v) is 5.33. The van der Waals surface area contributed by atoms with Crippen LogP contribution < -0.4 is 20.1 Å². The van der Waals surface area contributed by atoms with Crippen LogP contribution in [0.2, 0.25) is 0 Å². The maximum absolute atomic E-state index is 12.8. The summed E-state index contributed by atoms with van der Waals surface area (Å²) in [6.07, 6.45) is 0. The fourth-order valence-electron chi connectivity index (χ4n) is 2.26. The first-order valence-corrected chi connectivity index (χ1v) is 8.54. The summed E-state index contributed by atoms with van der Waals surface area (Å²) in [6.45, 7) is 3.80. The first kappa shape index (κ1) is 23.9.